The van der Waals surface area contributed by atoms with Crippen molar-refractivity contribution < 1.29 is 291 Å². The van der Waals surface area contributed by atoms with Crippen molar-refractivity contribution in [3.63, 3.8) is 0 Å². The van der Waals surface area contributed by atoms with Crippen LogP contribution in [0.1, 0.15) is 48.5 Å². The van der Waals surface area contributed by atoms with Crippen LogP contribution in [0.3, 0.4) is 0 Å². The number of aliphatic hydroxyl groups excluding tert-OH is 31. The number of amides is 5. The van der Waals surface area contributed by atoms with E-state index in [9.17, 15) is 182 Å². The molecule has 0 aliphatic carbocycles. The number of ether oxygens (including phenoxy) is 23. The van der Waals surface area contributed by atoms with Gasteiger partial charge in [-0.25, -0.2) is 0 Å². The fourth-order valence-corrected chi connectivity index (χ4v) is 19.2. The summed E-state index contributed by atoms with van der Waals surface area (Å²) in [6, 6.07) is -10.0. The molecule has 844 valence electrons. The van der Waals surface area contributed by atoms with Gasteiger partial charge in [0.05, 0.1) is 78.3 Å². The lowest BCUT2D eigenvalue weighted by molar-refractivity contribution is -0.407. The van der Waals surface area contributed by atoms with E-state index in [0.29, 0.717) is 0 Å². The van der Waals surface area contributed by atoms with E-state index in [-0.39, 0.29) is 0 Å². The molecule has 60 atom stereocenters. The monoisotopic (exact) mass is 2140 g/mol. The van der Waals surface area contributed by atoms with Gasteiger partial charge in [-0.1, -0.05) is 0 Å². The molecule has 12 heterocycles. The summed E-state index contributed by atoms with van der Waals surface area (Å²) in [5, 5.41) is 364. The van der Waals surface area contributed by atoms with Crippen LogP contribution >= 0.6 is 0 Å². The molecule has 5 amide bonds. The molecule has 146 heavy (non-hydrogen) atoms. The lowest BCUT2D eigenvalue weighted by atomic mass is 9.93. The Morgan fingerprint density at radius 1 is 0.192 bits per heavy atom. The Bertz CT molecular complexity index is 4090. The van der Waals surface area contributed by atoms with Crippen molar-refractivity contribution in [2.75, 3.05) is 66.1 Å². The van der Waals surface area contributed by atoms with Gasteiger partial charge >= 0.3 is 0 Å². The van der Waals surface area contributed by atoms with E-state index in [4.69, 9.17) is 109 Å². The first-order valence-corrected chi connectivity index (χ1v) is 46.9. The molecular formula is C82H137N5O59. The minimum absolute atomic E-state index is 0.838. The van der Waals surface area contributed by atoms with Crippen LogP contribution in [-0.2, 0) is 133 Å². The van der Waals surface area contributed by atoms with Gasteiger partial charge in [0, 0.05) is 34.6 Å². The number of nitrogens with one attached hydrogen (secondary N) is 5. The third-order valence-corrected chi connectivity index (χ3v) is 27.0. The van der Waals surface area contributed by atoms with Gasteiger partial charge in [-0.2, -0.15) is 0 Å². The first-order valence-electron chi connectivity index (χ1n) is 46.9. The van der Waals surface area contributed by atoms with Gasteiger partial charge in [-0.3, -0.25) is 24.0 Å². The van der Waals surface area contributed by atoms with E-state index < -0.39 is 464 Å². The minimum atomic E-state index is -2.78. The maximum Gasteiger partial charge on any atom is 0.217 e. The zero-order chi connectivity index (χ0) is 107. The molecule has 0 bridgehead atoms. The Hall–Kier alpha value is -4.81. The Morgan fingerprint density at radius 2 is 0.438 bits per heavy atom. The number of carbonyl (C=O) groups is 5. The third-order valence-electron chi connectivity index (χ3n) is 27.0. The van der Waals surface area contributed by atoms with Crippen LogP contribution in [0, 0.1) is 0 Å². The molecule has 0 aromatic rings. The van der Waals surface area contributed by atoms with Gasteiger partial charge in [0.2, 0.25) is 29.5 Å². The van der Waals surface area contributed by atoms with Gasteiger partial charge in [-0.15, -0.1) is 0 Å². The van der Waals surface area contributed by atoms with Crippen LogP contribution in [-0.4, -0.2) is 622 Å². The predicted octanol–water partition coefficient (Wildman–Crippen LogP) is -24.4. The molecule has 0 saturated carbocycles. The van der Waals surface area contributed by atoms with Crippen LogP contribution in [0.5, 0.6) is 0 Å². The van der Waals surface area contributed by atoms with E-state index in [1.54, 1.807) is 0 Å². The van der Waals surface area contributed by atoms with Gasteiger partial charge in [-0.05, 0) is 13.8 Å². The summed E-state index contributed by atoms with van der Waals surface area (Å²) in [6.07, 6.45) is -120. The predicted molar refractivity (Wildman–Crippen MR) is 450 cm³/mol. The smallest absolute Gasteiger partial charge is 0.217 e. The van der Waals surface area contributed by atoms with Crippen molar-refractivity contribution in [1.29, 1.82) is 0 Å². The quantitative estimate of drug-likeness (QED) is 0.0275. The second kappa shape index (κ2) is 52.2. The van der Waals surface area contributed by atoms with E-state index in [2.05, 4.69) is 26.6 Å². The average Bonchev–Trinajstić information content (AvgIpc) is 0.762. The van der Waals surface area contributed by atoms with Crippen molar-refractivity contribution >= 4 is 29.5 Å². The summed E-state index contributed by atoms with van der Waals surface area (Å²) < 4.78 is 141. The summed E-state index contributed by atoms with van der Waals surface area (Å²) in [5.41, 5.74) is 0. The molecule has 0 aromatic carbocycles. The fraction of sp³-hybridized carbons (Fsp3) is 0.939. The van der Waals surface area contributed by atoms with E-state index in [1.165, 1.54) is 13.8 Å². The van der Waals surface area contributed by atoms with E-state index in [1.807, 2.05) is 0 Å². The van der Waals surface area contributed by atoms with E-state index >= 15 is 0 Å². The molecule has 0 spiro atoms. The van der Waals surface area contributed by atoms with Crippen molar-refractivity contribution in [3.8, 4) is 0 Å². The summed E-state index contributed by atoms with van der Waals surface area (Å²) in [6.45, 7) is -5.30. The van der Waals surface area contributed by atoms with Gasteiger partial charge in [0.15, 0.2) is 75.5 Å². The summed E-state index contributed by atoms with van der Waals surface area (Å²) >= 11 is 0. The minimum Gasteiger partial charge on any atom is -0.394 e. The largest absolute Gasteiger partial charge is 0.394 e. The highest BCUT2D eigenvalue weighted by molar-refractivity contribution is 5.75. The summed E-state index contributed by atoms with van der Waals surface area (Å²) in [7, 11) is 0. The zero-order valence-corrected chi connectivity index (χ0v) is 79.0. The number of hydrogen-bond acceptors (Lipinski definition) is 59. The standard InChI is InChI=1S/C82H137N5O59/c1-18-40(102)50(112)55(117)76(125-18)142-66-38(86-23(6)100)74(133-32(15-95)64(66)140-78-57(119)52(114)43(105)26(9-89)129-78)138-63-31(14-94)135-82(70(59(63)121)146-72-36(84-21(4)98)47(109)42(104)25(8-88)128-72)144-68-46(108)34(136-80(60(68)122)139-62-30(13-93)132-73(37(49(62)111)85-22(5)99)137-61-29(12-92)127-71(123)35(48(61)110)83-20(3)97)17-124-81-69(54(116)45(107)28(11-91)131-81)145-75-39(87-24(7)101)67(143-77-56(118)51(113)41(103)19(2)126-77)65(33(16-96)134-75)141-79-58(120)53(115)44(106)27(10-90)130-79/h18-19,25-82,88-96,102-123H,8-17H2,1-7H3,(H,83,97)(H,84,98)(H,85,99)(H,86,100)(H,87,101)/t18-,19-,25+,26+,27+,28+,29+,30+,31+,32+,33+,34+,35+,36+,37+,38+,39+,40+,41+,42+,43-,44-,45+,46+,47+,48+,49+,50+,51+,52-,53-,54-,55-,56-,57+,58+,59-,60-,61+,62+,63+,64+,65+,66+,67+,68-,69-,70-,71+,72-,73-,74-,75-,76-,77-,78-,79-,80-,81-,82+/m0/s1. The normalized spacial score (nSPS) is 49.8. The Kier molecular flexibility index (Phi) is 42.8. The number of hydrogen-bond donors (Lipinski definition) is 36. The van der Waals surface area contributed by atoms with Crippen LogP contribution in [0.4, 0.5) is 0 Å². The van der Waals surface area contributed by atoms with E-state index in [0.717, 1.165) is 34.6 Å². The highest BCUT2D eigenvalue weighted by Gasteiger charge is 2.65. The second-order valence-corrected chi connectivity index (χ2v) is 37.3. The molecule has 64 heteroatoms. The highest BCUT2D eigenvalue weighted by Crippen LogP contribution is 2.44. The van der Waals surface area contributed by atoms with Gasteiger partial charge < -0.3 is 294 Å². The molecule has 12 fully saturated rings. The number of rotatable bonds is 37. The topological polar surface area (TPSA) is 985 Å². The van der Waals surface area contributed by atoms with Crippen LogP contribution in [0.25, 0.3) is 0 Å². The Labute approximate surface area is 827 Å². The molecule has 36 N–H and O–H groups in total. The second-order valence-electron chi connectivity index (χ2n) is 37.3. The molecule has 12 aliphatic rings. The molecule has 0 radical (unpaired) electrons. The lowest BCUT2D eigenvalue weighted by Gasteiger charge is -2.53. The van der Waals surface area contributed by atoms with Crippen LogP contribution < -0.4 is 26.6 Å². The molecule has 64 nitrogen and oxygen atoms in total. The van der Waals surface area contributed by atoms with Crippen molar-refractivity contribution in [2.24, 2.45) is 0 Å². The SMILES string of the molecule is CC(=O)N[C@@H]1[C@@H](O)[C@H](O[C@@H]2O[C@H](CO)[C@@H](O[C@@H]3O[C@H](CO[C@H]4O[C@H](CO)[C@@H](O)[C@H](O)[C@@H]4O[C@@H]4O[C@H](CO)[C@@H](O[C@@H]5O[C@H](CO)[C@H](O)[C@H](O)[C@H]5O)[C@H](O[C@@H]5O[C@@H](C)[C@@H](O)[C@@H](O)[C@@H]5O)[C@H]4NC(C)=O)[C@@H](O)[C@H](O[C@H]4O[C@H](CO)[C@@H](O[C@@H]5O[C@H](CO)[C@@H](O[C@@H]6O[C@H](CO)[C@H](O)[C@H](O)[C@H]6O)[C@H](O[C@@H]6O[C@@H](C)[C@@H](O)[C@@H](O)[C@@H]6O)[C@H]5NC(C)=O)[C@H](O)[C@@H]4O[C@@H]4O[C@H](CO)[C@@H](O)[C@H](O)[C@H]4NC(C)=O)[C@@H]3O)[C@H](O)[C@H]2NC(C)=O)[C@@H](CO)O[C@H]1O. The van der Waals surface area contributed by atoms with Gasteiger partial charge in [0.25, 0.3) is 0 Å². The lowest BCUT2D eigenvalue weighted by Crippen LogP contribution is -2.72. The van der Waals surface area contributed by atoms with Crippen LogP contribution in [0.2, 0.25) is 0 Å². The maximum atomic E-state index is 13.7. The van der Waals surface area contributed by atoms with Crippen molar-refractivity contribution in [1.82, 2.24) is 26.6 Å². The van der Waals surface area contributed by atoms with Crippen LogP contribution in [0.15, 0.2) is 0 Å². The molecular weight excluding hydrogens is 2000 g/mol. The Morgan fingerprint density at radius 3 is 0.836 bits per heavy atom. The molecule has 12 saturated heterocycles. The molecule has 12 rings (SSSR count). The number of carbonyl (C=O) groups excluding carboxylic acids is 5. The zero-order valence-electron chi connectivity index (χ0n) is 79.0. The van der Waals surface area contributed by atoms with Gasteiger partial charge in [0.1, 0.15) is 280 Å². The molecule has 12 aliphatic heterocycles. The Balaban J connectivity index is 0.944. The van der Waals surface area contributed by atoms with Crippen molar-refractivity contribution in [2.45, 2.75) is 417 Å². The highest BCUT2D eigenvalue weighted by atomic mass is 16.8. The third kappa shape index (κ3) is 26.3. The summed E-state index contributed by atoms with van der Waals surface area (Å²) in [4.78, 5) is 66.2. The first kappa shape index (κ1) is 120. The van der Waals surface area contributed by atoms with Crippen molar-refractivity contribution in [3.05, 3.63) is 0 Å². The number of aliphatic hydroxyl groups is 31. The average molecular weight is 2140 g/mol. The molecule has 0 aromatic heterocycles. The fourth-order valence-electron chi connectivity index (χ4n) is 19.2. The molecule has 0 unspecified atom stereocenters. The summed E-state index contributed by atoms with van der Waals surface area (Å²) in [5.74, 6) is -4.99. The maximum absolute atomic E-state index is 13.7. The first-order chi connectivity index (χ1) is 69.0.